The van der Waals surface area contributed by atoms with Crippen molar-refractivity contribution < 1.29 is 13.9 Å². The van der Waals surface area contributed by atoms with Crippen LogP contribution in [-0.4, -0.2) is 36.1 Å². The summed E-state index contributed by atoms with van der Waals surface area (Å²) >= 11 is 0. The van der Waals surface area contributed by atoms with Crippen molar-refractivity contribution in [2.75, 3.05) is 20.2 Å². The highest BCUT2D eigenvalue weighted by molar-refractivity contribution is 5.87. The van der Waals surface area contributed by atoms with Gasteiger partial charge in [0.05, 0.1) is 13.2 Å². The van der Waals surface area contributed by atoms with Gasteiger partial charge in [0.15, 0.2) is 0 Å². The number of methoxy groups -OCH3 is 1. The first kappa shape index (κ1) is 18.3. The Morgan fingerprint density at radius 2 is 2.07 bits per heavy atom. The molecule has 28 heavy (non-hydrogen) atoms. The first-order chi connectivity index (χ1) is 13.6. The third kappa shape index (κ3) is 3.19. The minimum absolute atomic E-state index is 0.0990. The summed E-state index contributed by atoms with van der Waals surface area (Å²) in [4.78, 5) is 18.2. The Hall–Kier alpha value is -3.02. The van der Waals surface area contributed by atoms with Crippen molar-refractivity contribution in [2.45, 2.75) is 25.8 Å². The van der Waals surface area contributed by atoms with Gasteiger partial charge < -0.3 is 19.9 Å². The molecule has 3 aromatic rings. The molecule has 0 saturated heterocycles. The number of rotatable bonds is 4. The van der Waals surface area contributed by atoms with Crippen LogP contribution in [-0.2, 0) is 6.42 Å². The number of fused-ring (bicyclic) bond motifs is 3. The fourth-order valence-corrected chi connectivity index (χ4v) is 3.94. The van der Waals surface area contributed by atoms with Crippen LogP contribution in [0.4, 0.5) is 9.18 Å². The molecule has 0 bridgehead atoms. The summed E-state index contributed by atoms with van der Waals surface area (Å²) < 4.78 is 18.9. The molecule has 5 nitrogen and oxygen atoms in total. The Morgan fingerprint density at radius 1 is 1.29 bits per heavy atom. The minimum Gasteiger partial charge on any atom is -0.497 e. The van der Waals surface area contributed by atoms with E-state index in [1.165, 1.54) is 17.7 Å². The predicted octanol–water partition coefficient (Wildman–Crippen LogP) is 4.38. The van der Waals surface area contributed by atoms with Gasteiger partial charge in [-0.05, 0) is 54.3 Å². The molecule has 1 aliphatic heterocycles. The Balaban J connectivity index is 1.83. The molecule has 2 N–H and O–H groups in total. The van der Waals surface area contributed by atoms with Gasteiger partial charge in [-0.1, -0.05) is 19.1 Å². The molecular formula is C22H24FN3O2. The second-order valence-corrected chi connectivity index (χ2v) is 7.06. The number of benzene rings is 2. The molecule has 2 aromatic carbocycles. The number of amides is 2. The molecule has 1 aliphatic rings. The van der Waals surface area contributed by atoms with E-state index in [1.54, 1.807) is 19.2 Å². The Labute approximate surface area is 163 Å². The molecule has 146 valence electrons. The summed E-state index contributed by atoms with van der Waals surface area (Å²) in [5.74, 6) is 0.513. The van der Waals surface area contributed by atoms with Gasteiger partial charge in [0.25, 0.3) is 0 Å². The van der Waals surface area contributed by atoms with Gasteiger partial charge in [0.2, 0.25) is 0 Å². The summed E-state index contributed by atoms with van der Waals surface area (Å²) in [6.45, 7) is 3.24. The number of nitrogens with zero attached hydrogens (tertiary/aromatic N) is 1. The van der Waals surface area contributed by atoms with Crippen molar-refractivity contribution in [1.29, 1.82) is 0 Å². The average molecular weight is 381 g/mol. The van der Waals surface area contributed by atoms with Crippen molar-refractivity contribution >= 4 is 16.9 Å². The van der Waals surface area contributed by atoms with Crippen LogP contribution in [0.3, 0.4) is 0 Å². The number of hydrogen-bond acceptors (Lipinski definition) is 2. The molecule has 0 saturated carbocycles. The largest absolute Gasteiger partial charge is 0.497 e. The van der Waals surface area contributed by atoms with E-state index in [0.717, 1.165) is 40.8 Å². The molecule has 0 aliphatic carbocycles. The maximum absolute atomic E-state index is 13.5. The number of ether oxygens (including phenoxy) is 1. The fourth-order valence-electron chi connectivity index (χ4n) is 3.94. The molecule has 0 spiro atoms. The highest BCUT2D eigenvalue weighted by atomic mass is 19.1. The molecule has 1 atom stereocenters. The van der Waals surface area contributed by atoms with Gasteiger partial charge in [0.1, 0.15) is 11.6 Å². The molecule has 4 rings (SSSR count). The van der Waals surface area contributed by atoms with Crippen LogP contribution in [0.5, 0.6) is 5.75 Å². The maximum Gasteiger partial charge on any atom is 0.318 e. The lowest BCUT2D eigenvalue weighted by Crippen LogP contribution is -2.46. The van der Waals surface area contributed by atoms with E-state index in [2.05, 4.69) is 10.3 Å². The standard InChI is InChI=1S/C22H24FN3O2/c1-3-11-24-22(27)26-12-10-17-18-13-16(28-2)8-9-19(18)25-20(17)21(26)14-4-6-15(23)7-5-14/h4-9,13,21,25H,3,10-12H2,1-2H3,(H,24,27)/t21-/m1/s1. The quantitative estimate of drug-likeness (QED) is 0.705. The molecule has 6 heteroatoms. The van der Waals surface area contributed by atoms with Crippen molar-refractivity contribution in [3.63, 3.8) is 0 Å². The third-order valence-electron chi connectivity index (χ3n) is 5.31. The molecule has 1 aromatic heterocycles. The molecule has 0 radical (unpaired) electrons. The maximum atomic E-state index is 13.5. The lowest BCUT2D eigenvalue weighted by molar-refractivity contribution is 0.179. The van der Waals surface area contributed by atoms with Crippen LogP contribution in [0.1, 0.15) is 36.2 Å². The number of aromatic nitrogens is 1. The van der Waals surface area contributed by atoms with Crippen molar-refractivity contribution in [3.05, 3.63) is 65.1 Å². The van der Waals surface area contributed by atoms with Crippen LogP contribution in [0.25, 0.3) is 10.9 Å². The predicted molar refractivity (Wildman–Crippen MR) is 107 cm³/mol. The second kappa shape index (κ2) is 7.54. The van der Waals surface area contributed by atoms with E-state index in [0.29, 0.717) is 13.1 Å². The fraction of sp³-hybridized carbons (Fsp3) is 0.318. The van der Waals surface area contributed by atoms with Gasteiger partial charge in [-0.2, -0.15) is 0 Å². The first-order valence-electron chi connectivity index (χ1n) is 9.60. The zero-order chi connectivity index (χ0) is 19.7. The number of nitrogens with one attached hydrogen (secondary N) is 2. The summed E-state index contributed by atoms with van der Waals surface area (Å²) in [5, 5.41) is 4.08. The third-order valence-corrected chi connectivity index (χ3v) is 5.31. The topological polar surface area (TPSA) is 57.4 Å². The smallest absolute Gasteiger partial charge is 0.318 e. The average Bonchev–Trinajstić information content (AvgIpc) is 3.09. The summed E-state index contributed by atoms with van der Waals surface area (Å²) in [5.41, 5.74) is 4.05. The number of halogens is 1. The lowest BCUT2D eigenvalue weighted by atomic mass is 9.92. The zero-order valence-electron chi connectivity index (χ0n) is 16.1. The zero-order valence-corrected chi connectivity index (χ0v) is 16.1. The van der Waals surface area contributed by atoms with E-state index < -0.39 is 0 Å². The molecule has 0 fully saturated rings. The van der Waals surface area contributed by atoms with Crippen LogP contribution in [0.2, 0.25) is 0 Å². The Bertz CT molecular complexity index is 997. The normalized spacial score (nSPS) is 16.1. The molecule has 2 heterocycles. The van der Waals surface area contributed by atoms with Crippen LogP contribution in [0, 0.1) is 5.82 Å². The lowest BCUT2D eigenvalue weighted by Gasteiger charge is -2.36. The summed E-state index contributed by atoms with van der Waals surface area (Å²) in [7, 11) is 1.65. The number of H-pyrrole nitrogens is 1. The first-order valence-corrected chi connectivity index (χ1v) is 9.60. The molecular weight excluding hydrogens is 357 g/mol. The van der Waals surface area contributed by atoms with Crippen molar-refractivity contribution in [2.24, 2.45) is 0 Å². The number of aromatic amines is 1. The van der Waals surface area contributed by atoms with Gasteiger partial charge >= 0.3 is 6.03 Å². The molecule has 2 amide bonds. The van der Waals surface area contributed by atoms with Crippen LogP contribution in [0.15, 0.2) is 42.5 Å². The van der Waals surface area contributed by atoms with Gasteiger partial charge in [0, 0.05) is 29.7 Å². The Morgan fingerprint density at radius 3 is 2.79 bits per heavy atom. The van der Waals surface area contributed by atoms with Gasteiger partial charge in [-0.25, -0.2) is 9.18 Å². The minimum atomic E-state index is -0.292. The summed E-state index contributed by atoms with van der Waals surface area (Å²) in [6.07, 6.45) is 1.62. The van der Waals surface area contributed by atoms with Crippen LogP contribution >= 0.6 is 0 Å². The van der Waals surface area contributed by atoms with Gasteiger partial charge in [-0.3, -0.25) is 0 Å². The van der Waals surface area contributed by atoms with E-state index in [-0.39, 0.29) is 17.9 Å². The van der Waals surface area contributed by atoms with E-state index in [9.17, 15) is 9.18 Å². The van der Waals surface area contributed by atoms with Crippen molar-refractivity contribution in [3.8, 4) is 5.75 Å². The number of urea groups is 1. The highest BCUT2D eigenvalue weighted by Crippen LogP contribution is 2.39. The highest BCUT2D eigenvalue weighted by Gasteiger charge is 2.34. The van der Waals surface area contributed by atoms with E-state index >= 15 is 0 Å². The number of carbonyl (C=O) groups excluding carboxylic acids is 1. The molecule has 0 unspecified atom stereocenters. The monoisotopic (exact) mass is 381 g/mol. The van der Waals surface area contributed by atoms with Crippen LogP contribution < -0.4 is 10.1 Å². The second-order valence-electron chi connectivity index (χ2n) is 7.06. The van der Waals surface area contributed by atoms with Crippen molar-refractivity contribution in [1.82, 2.24) is 15.2 Å². The number of carbonyl (C=O) groups is 1. The van der Waals surface area contributed by atoms with Gasteiger partial charge in [-0.15, -0.1) is 0 Å². The summed E-state index contributed by atoms with van der Waals surface area (Å²) in [6, 6.07) is 11.9. The van der Waals surface area contributed by atoms with E-state index in [1.807, 2.05) is 30.0 Å². The van der Waals surface area contributed by atoms with E-state index in [4.69, 9.17) is 4.74 Å². The Kier molecular flexibility index (Phi) is 4.94. The SMILES string of the molecule is CCCNC(=O)N1CCc2c([nH]c3ccc(OC)cc23)[C@H]1c1ccc(F)cc1. The number of hydrogen-bond donors (Lipinski definition) is 2.